The van der Waals surface area contributed by atoms with Crippen LogP contribution in [-0.4, -0.2) is 34.4 Å². The van der Waals surface area contributed by atoms with Gasteiger partial charge in [0.05, 0.1) is 5.69 Å². The summed E-state index contributed by atoms with van der Waals surface area (Å²) in [6.45, 7) is 10.6. The molecule has 1 aromatic heterocycles. The van der Waals surface area contributed by atoms with E-state index < -0.39 is 0 Å². The van der Waals surface area contributed by atoms with E-state index in [1.54, 1.807) is 0 Å². The number of aromatic nitrogens is 2. The average Bonchev–Trinajstić information content (AvgIpc) is 3.02. The van der Waals surface area contributed by atoms with Crippen LogP contribution in [0.15, 0.2) is 17.3 Å². The molecule has 6 nitrogen and oxygen atoms in total. The number of hydrogen-bond donors (Lipinski definition) is 2. The SMILES string of the molecule is CCn1nccc1[C@@H]1OCC[C@H]1CN=C(N)NC(C)(C)C. The first-order valence-electron chi connectivity index (χ1n) is 7.62. The van der Waals surface area contributed by atoms with E-state index in [1.165, 1.54) is 0 Å². The lowest BCUT2D eigenvalue weighted by Gasteiger charge is -2.22. The molecule has 0 spiro atoms. The second-order valence-electron chi connectivity index (χ2n) is 6.51. The first-order valence-corrected chi connectivity index (χ1v) is 7.62. The molecule has 2 rings (SSSR count). The van der Waals surface area contributed by atoms with E-state index in [0.29, 0.717) is 18.4 Å². The zero-order valence-electron chi connectivity index (χ0n) is 13.5. The Morgan fingerprint density at radius 3 is 3.00 bits per heavy atom. The average molecular weight is 293 g/mol. The van der Waals surface area contributed by atoms with Gasteiger partial charge in [0, 0.05) is 37.4 Å². The Morgan fingerprint density at radius 2 is 2.33 bits per heavy atom. The Morgan fingerprint density at radius 1 is 1.57 bits per heavy atom. The van der Waals surface area contributed by atoms with Crippen molar-refractivity contribution in [2.75, 3.05) is 13.2 Å². The molecule has 0 aliphatic carbocycles. The van der Waals surface area contributed by atoms with Crippen molar-refractivity contribution in [3.05, 3.63) is 18.0 Å². The van der Waals surface area contributed by atoms with Crippen LogP contribution in [-0.2, 0) is 11.3 Å². The standard InChI is InChI=1S/C15H27N5O/c1-5-20-12(6-8-18-20)13-11(7-9-21-13)10-17-14(16)19-15(2,3)4/h6,8,11,13H,5,7,9-10H2,1-4H3,(H3,16,17,19)/t11-,13+/m0/s1. The first kappa shape index (κ1) is 15.8. The smallest absolute Gasteiger partial charge is 0.188 e. The highest BCUT2D eigenvalue weighted by atomic mass is 16.5. The van der Waals surface area contributed by atoms with Gasteiger partial charge >= 0.3 is 0 Å². The lowest BCUT2D eigenvalue weighted by atomic mass is 9.99. The van der Waals surface area contributed by atoms with E-state index in [9.17, 15) is 0 Å². The monoisotopic (exact) mass is 293 g/mol. The third-order valence-corrected chi connectivity index (χ3v) is 3.55. The van der Waals surface area contributed by atoms with Crippen molar-refractivity contribution in [1.29, 1.82) is 0 Å². The summed E-state index contributed by atoms with van der Waals surface area (Å²) in [5, 5.41) is 7.51. The van der Waals surface area contributed by atoms with E-state index in [4.69, 9.17) is 10.5 Å². The van der Waals surface area contributed by atoms with Gasteiger partial charge in [-0.25, -0.2) is 0 Å². The van der Waals surface area contributed by atoms with E-state index in [-0.39, 0.29) is 11.6 Å². The number of aryl methyl sites for hydroxylation is 1. The minimum absolute atomic E-state index is 0.0682. The van der Waals surface area contributed by atoms with Gasteiger partial charge in [0.25, 0.3) is 0 Å². The second kappa shape index (κ2) is 6.47. The van der Waals surface area contributed by atoms with Gasteiger partial charge in [-0.2, -0.15) is 5.10 Å². The predicted molar refractivity (Wildman–Crippen MR) is 84.1 cm³/mol. The Hall–Kier alpha value is -1.56. The molecule has 1 fully saturated rings. The zero-order valence-corrected chi connectivity index (χ0v) is 13.5. The molecule has 0 bridgehead atoms. The van der Waals surface area contributed by atoms with Gasteiger partial charge in [-0.3, -0.25) is 9.67 Å². The Bertz CT molecular complexity index is 488. The van der Waals surface area contributed by atoms with Crippen molar-refractivity contribution in [3.63, 3.8) is 0 Å². The van der Waals surface area contributed by atoms with Gasteiger partial charge in [0.1, 0.15) is 6.10 Å². The van der Waals surface area contributed by atoms with E-state index in [1.807, 2.05) is 16.9 Å². The van der Waals surface area contributed by atoms with Gasteiger partial charge in [0.2, 0.25) is 0 Å². The van der Waals surface area contributed by atoms with Gasteiger partial charge in [0.15, 0.2) is 5.96 Å². The summed E-state index contributed by atoms with van der Waals surface area (Å²) in [7, 11) is 0. The number of nitrogens with two attached hydrogens (primary N) is 1. The number of rotatable bonds is 4. The fourth-order valence-corrected chi connectivity index (χ4v) is 2.64. The zero-order chi connectivity index (χ0) is 15.5. The summed E-state index contributed by atoms with van der Waals surface area (Å²) in [5.41, 5.74) is 7.01. The summed E-state index contributed by atoms with van der Waals surface area (Å²) >= 11 is 0. The topological polar surface area (TPSA) is 77.5 Å². The molecule has 21 heavy (non-hydrogen) atoms. The highest BCUT2D eigenvalue weighted by molar-refractivity contribution is 5.78. The molecular formula is C15H27N5O. The van der Waals surface area contributed by atoms with E-state index >= 15 is 0 Å². The minimum atomic E-state index is -0.0695. The van der Waals surface area contributed by atoms with Gasteiger partial charge in [-0.15, -0.1) is 0 Å². The fourth-order valence-electron chi connectivity index (χ4n) is 2.64. The van der Waals surface area contributed by atoms with Crippen LogP contribution >= 0.6 is 0 Å². The fraction of sp³-hybridized carbons (Fsp3) is 0.733. The number of nitrogens with one attached hydrogen (secondary N) is 1. The van der Waals surface area contributed by atoms with Crippen LogP contribution in [0, 0.1) is 5.92 Å². The van der Waals surface area contributed by atoms with Crippen molar-refractivity contribution in [3.8, 4) is 0 Å². The maximum atomic E-state index is 5.94. The van der Waals surface area contributed by atoms with E-state index in [0.717, 1.165) is 25.3 Å². The summed E-state index contributed by atoms with van der Waals surface area (Å²) in [5.74, 6) is 0.851. The third kappa shape index (κ3) is 4.20. The molecule has 2 heterocycles. The van der Waals surface area contributed by atoms with E-state index in [2.05, 4.69) is 43.1 Å². The molecule has 0 radical (unpaired) electrons. The molecule has 1 aliphatic heterocycles. The summed E-state index contributed by atoms with van der Waals surface area (Å²) in [6, 6.07) is 2.03. The van der Waals surface area contributed by atoms with Gasteiger partial charge in [-0.05, 0) is 40.2 Å². The highest BCUT2D eigenvalue weighted by Crippen LogP contribution is 2.34. The molecule has 3 N–H and O–H groups in total. The Balaban J connectivity index is 2.01. The molecule has 6 heteroatoms. The van der Waals surface area contributed by atoms with Gasteiger partial charge in [-0.1, -0.05) is 0 Å². The van der Waals surface area contributed by atoms with Crippen LogP contribution < -0.4 is 11.1 Å². The summed E-state index contributed by atoms with van der Waals surface area (Å²) in [4.78, 5) is 4.48. The number of nitrogens with zero attached hydrogens (tertiary/aromatic N) is 3. The molecule has 1 aromatic rings. The normalized spacial score (nSPS) is 23.5. The van der Waals surface area contributed by atoms with Crippen LogP contribution in [0.25, 0.3) is 0 Å². The molecule has 118 valence electrons. The second-order valence-corrected chi connectivity index (χ2v) is 6.51. The number of aliphatic imine (C=N–C) groups is 1. The molecule has 0 saturated carbocycles. The lowest BCUT2D eigenvalue weighted by molar-refractivity contribution is 0.0851. The van der Waals surface area contributed by atoms with Crippen molar-refractivity contribution < 1.29 is 4.74 Å². The number of guanidine groups is 1. The molecule has 1 aliphatic rings. The molecular weight excluding hydrogens is 266 g/mol. The minimum Gasteiger partial charge on any atom is -0.372 e. The van der Waals surface area contributed by atoms with Crippen LogP contribution in [0.1, 0.15) is 45.9 Å². The maximum absolute atomic E-state index is 5.94. The quantitative estimate of drug-likeness (QED) is 0.654. The third-order valence-electron chi connectivity index (χ3n) is 3.55. The molecule has 1 saturated heterocycles. The van der Waals surface area contributed by atoms with Crippen LogP contribution in [0.3, 0.4) is 0 Å². The molecule has 0 unspecified atom stereocenters. The highest BCUT2D eigenvalue weighted by Gasteiger charge is 2.31. The van der Waals surface area contributed by atoms with Gasteiger partial charge < -0.3 is 15.8 Å². The lowest BCUT2D eigenvalue weighted by Crippen LogP contribution is -2.45. The number of ether oxygens (including phenoxy) is 1. The Labute approximate surface area is 126 Å². The Kier molecular flexibility index (Phi) is 4.88. The number of hydrogen-bond acceptors (Lipinski definition) is 3. The van der Waals surface area contributed by atoms with Crippen LogP contribution in [0.5, 0.6) is 0 Å². The summed E-state index contributed by atoms with van der Waals surface area (Å²) < 4.78 is 7.88. The molecule has 2 atom stereocenters. The largest absolute Gasteiger partial charge is 0.372 e. The van der Waals surface area contributed by atoms with Crippen molar-refractivity contribution in [2.45, 2.75) is 52.3 Å². The van der Waals surface area contributed by atoms with Crippen molar-refractivity contribution in [1.82, 2.24) is 15.1 Å². The van der Waals surface area contributed by atoms with Crippen molar-refractivity contribution in [2.24, 2.45) is 16.6 Å². The molecule has 0 aromatic carbocycles. The maximum Gasteiger partial charge on any atom is 0.188 e. The predicted octanol–water partition coefficient (Wildman–Crippen LogP) is 1.68. The van der Waals surface area contributed by atoms with Crippen molar-refractivity contribution >= 4 is 5.96 Å². The van der Waals surface area contributed by atoms with Crippen LogP contribution in [0.4, 0.5) is 0 Å². The first-order chi connectivity index (χ1) is 9.90. The van der Waals surface area contributed by atoms with Crippen LogP contribution in [0.2, 0.25) is 0 Å². The molecule has 0 amide bonds. The summed E-state index contributed by atoms with van der Waals surface area (Å²) in [6.07, 6.45) is 2.90.